The van der Waals surface area contributed by atoms with E-state index in [0.717, 1.165) is 49.0 Å². The van der Waals surface area contributed by atoms with Crippen LogP contribution in [-0.2, 0) is 32.9 Å². The topological polar surface area (TPSA) is 67.1 Å². The maximum atomic E-state index is 4.62. The third-order valence-electron chi connectivity index (χ3n) is 3.98. The first-order chi connectivity index (χ1) is 11.6. The lowest BCUT2D eigenvalue weighted by atomic mass is 10.1. The lowest BCUT2D eigenvalue weighted by molar-refractivity contribution is 0.702. The van der Waals surface area contributed by atoms with Gasteiger partial charge < -0.3 is 10.6 Å². The van der Waals surface area contributed by atoms with E-state index in [1.807, 2.05) is 17.9 Å². The maximum absolute atomic E-state index is 4.62. The first kappa shape index (κ1) is 18.4. The molecular weight excluding hydrogens is 320 g/mol. The summed E-state index contributed by atoms with van der Waals surface area (Å²) in [7, 11) is 3.82. The molecule has 0 aliphatic rings. The summed E-state index contributed by atoms with van der Waals surface area (Å²) in [5.41, 5.74) is 3.74. The van der Waals surface area contributed by atoms with Crippen molar-refractivity contribution in [1.29, 1.82) is 0 Å². The minimum absolute atomic E-state index is 0.746. The summed E-state index contributed by atoms with van der Waals surface area (Å²) in [6.45, 7) is 7.97. The number of rotatable bonds is 7. The molecule has 0 saturated carbocycles. The molecule has 2 heterocycles. The second-order valence-electron chi connectivity index (χ2n) is 5.67. The van der Waals surface area contributed by atoms with Gasteiger partial charge in [-0.05, 0) is 19.8 Å². The Bertz CT molecular complexity index is 685. The summed E-state index contributed by atoms with van der Waals surface area (Å²) in [5.74, 6) is 0.816. The fourth-order valence-corrected chi connectivity index (χ4v) is 3.58. The molecule has 2 N–H and O–H groups in total. The summed E-state index contributed by atoms with van der Waals surface area (Å²) >= 11 is 1.75. The van der Waals surface area contributed by atoms with Crippen LogP contribution in [-0.4, -0.2) is 34.3 Å². The number of thiazole rings is 1. The molecule has 0 atom stereocenters. The monoisotopic (exact) mass is 348 g/mol. The first-order valence-corrected chi connectivity index (χ1v) is 9.30. The van der Waals surface area contributed by atoms with Crippen LogP contribution in [0, 0.1) is 6.92 Å². The molecule has 0 saturated heterocycles. The molecule has 0 aromatic carbocycles. The van der Waals surface area contributed by atoms with Crippen LogP contribution in [0.2, 0.25) is 0 Å². The highest BCUT2D eigenvalue weighted by Crippen LogP contribution is 2.15. The third kappa shape index (κ3) is 4.56. The summed E-state index contributed by atoms with van der Waals surface area (Å²) in [6.07, 6.45) is 4.76. The molecule has 24 heavy (non-hydrogen) atoms. The molecule has 0 unspecified atom stereocenters. The lowest BCUT2D eigenvalue weighted by Crippen LogP contribution is -2.38. The predicted octanol–water partition coefficient (Wildman–Crippen LogP) is 2.22. The number of nitrogens with one attached hydrogen (secondary N) is 2. The average Bonchev–Trinajstić information content (AvgIpc) is 3.13. The minimum Gasteiger partial charge on any atom is -0.356 e. The van der Waals surface area contributed by atoms with Gasteiger partial charge in [-0.15, -0.1) is 11.3 Å². The Hall–Kier alpha value is -1.89. The highest BCUT2D eigenvalue weighted by Gasteiger charge is 2.13. The van der Waals surface area contributed by atoms with Crippen molar-refractivity contribution in [3.8, 4) is 0 Å². The predicted molar refractivity (Wildman–Crippen MR) is 101 cm³/mol. The fourth-order valence-electron chi connectivity index (χ4n) is 2.79. The molecule has 2 aromatic rings. The van der Waals surface area contributed by atoms with Crippen LogP contribution in [0.3, 0.4) is 0 Å². The van der Waals surface area contributed by atoms with E-state index in [0.29, 0.717) is 0 Å². The Kier molecular flexibility index (Phi) is 6.78. The highest BCUT2D eigenvalue weighted by molar-refractivity contribution is 7.11. The van der Waals surface area contributed by atoms with Crippen LogP contribution in [0.25, 0.3) is 0 Å². The van der Waals surface area contributed by atoms with Gasteiger partial charge >= 0.3 is 0 Å². The molecule has 0 spiro atoms. The minimum atomic E-state index is 0.746. The number of nitrogens with zero attached hydrogens (tertiary/aromatic N) is 4. The summed E-state index contributed by atoms with van der Waals surface area (Å²) < 4.78 is 2.00. The van der Waals surface area contributed by atoms with Crippen LogP contribution >= 0.6 is 11.3 Å². The van der Waals surface area contributed by atoms with Crippen molar-refractivity contribution in [2.45, 2.75) is 46.6 Å². The van der Waals surface area contributed by atoms with E-state index in [9.17, 15) is 0 Å². The largest absolute Gasteiger partial charge is 0.356 e. The molecule has 2 rings (SSSR count). The Morgan fingerprint density at radius 2 is 2.08 bits per heavy atom. The van der Waals surface area contributed by atoms with E-state index in [2.05, 4.69) is 46.5 Å². The normalized spacial score (nSPS) is 11.8. The van der Waals surface area contributed by atoms with E-state index in [4.69, 9.17) is 0 Å². The van der Waals surface area contributed by atoms with E-state index in [1.165, 1.54) is 16.1 Å². The third-order valence-corrected chi connectivity index (χ3v) is 4.96. The molecular formula is C17H28N6S. The van der Waals surface area contributed by atoms with E-state index < -0.39 is 0 Å². The second-order valence-corrected chi connectivity index (χ2v) is 6.99. The standard InChI is InChI=1S/C17H28N6S/c1-6-14-13(15(7-2)23(5)22-14)11-21-17(18-4)19-9-8-16-20-10-12(3)24-16/h10H,6-9,11H2,1-5H3,(H2,18,19,21). The smallest absolute Gasteiger partial charge is 0.191 e. The zero-order valence-electron chi connectivity index (χ0n) is 15.3. The van der Waals surface area contributed by atoms with Gasteiger partial charge in [0.1, 0.15) is 0 Å². The van der Waals surface area contributed by atoms with Crippen LogP contribution in [0.5, 0.6) is 0 Å². The molecule has 6 nitrogen and oxygen atoms in total. The van der Waals surface area contributed by atoms with Crippen LogP contribution < -0.4 is 10.6 Å². The zero-order chi connectivity index (χ0) is 17.5. The van der Waals surface area contributed by atoms with Crippen molar-refractivity contribution in [2.24, 2.45) is 12.0 Å². The maximum Gasteiger partial charge on any atom is 0.191 e. The zero-order valence-corrected chi connectivity index (χ0v) is 16.1. The average molecular weight is 349 g/mol. The van der Waals surface area contributed by atoms with Crippen molar-refractivity contribution in [2.75, 3.05) is 13.6 Å². The summed E-state index contributed by atoms with van der Waals surface area (Å²) in [5, 5.41) is 12.5. The molecule has 0 aliphatic carbocycles. The van der Waals surface area contributed by atoms with Gasteiger partial charge in [-0.3, -0.25) is 9.67 Å². The van der Waals surface area contributed by atoms with Gasteiger partial charge in [0.05, 0.1) is 10.7 Å². The number of hydrogen-bond acceptors (Lipinski definition) is 4. The van der Waals surface area contributed by atoms with Crippen molar-refractivity contribution in [1.82, 2.24) is 25.4 Å². The number of hydrogen-bond donors (Lipinski definition) is 2. The van der Waals surface area contributed by atoms with E-state index in [1.54, 1.807) is 18.4 Å². The molecule has 0 radical (unpaired) electrons. The highest BCUT2D eigenvalue weighted by atomic mass is 32.1. The van der Waals surface area contributed by atoms with Crippen molar-refractivity contribution in [3.05, 3.63) is 33.0 Å². The molecule has 2 aromatic heterocycles. The number of aliphatic imine (C=N–C) groups is 1. The summed E-state index contributed by atoms with van der Waals surface area (Å²) in [4.78, 5) is 9.95. The molecule has 7 heteroatoms. The number of aromatic nitrogens is 3. The van der Waals surface area contributed by atoms with Gasteiger partial charge in [0.15, 0.2) is 5.96 Å². The summed E-state index contributed by atoms with van der Waals surface area (Å²) in [6, 6.07) is 0. The van der Waals surface area contributed by atoms with Gasteiger partial charge in [-0.25, -0.2) is 4.98 Å². The Morgan fingerprint density at radius 1 is 1.29 bits per heavy atom. The molecule has 0 amide bonds. The Balaban J connectivity index is 1.89. The quantitative estimate of drug-likeness (QED) is 0.595. The number of aryl methyl sites for hydroxylation is 3. The van der Waals surface area contributed by atoms with Crippen LogP contribution in [0.15, 0.2) is 11.2 Å². The number of guanidine groups is 1. The SMILES string of the molecule is CCc1nn(C)c(CC)c1CNC(=NC)NCCc1ncc(C)s1. The van der Waals surface area contributed by atoms with Crippen LogP contribution in [0.4, 0.5) is 0 Å². The van der Waals surface area contributed by atoms with E-state index >= 15 is 0 Å². The fraction of sp³-hybridized carbons (Fsp3) is 0.588. The molecule has 132 valence electrons. The van der Waals surface area contributed by atoms with Gasteiger partial charge in [-0.2, -0.15) is 5.10 Å². The van der Waals surface area contributed by atoms with Crippen molar-refractivity contribution in [3.63, 3.8) is 0 Å². The van der Waals surface area contributed by atoms with Crippen molar-refractivity contribution >= 4 is 17.3 Å². The van der Waals surface area contributed by atoms with Gasteiger partial charge in [0.2, 0.25) is 0 Å². The molecule has 0 bridgehead atoms. The first-order valence-electron chi connectivity index (χ1n) is 8.48. The lowest BCUT2D eigenvalue weighted by Gasteiger charge is -2.12. The van der Waals surface area contributed by atoms with E-state index in [-0.39, 0.29) is 0 Å². The molecule has 0 fully saturated rings. The van der Waals surface area contributed by atoms with Gasteiger partial charge in [0, 0.05) is 55.9 Å². The van der Waals surface area contributed by atoms with Crippen molar-refractivity contribution < 1.29 is 0 Å². The van der Waals surface area contributed by atoms with Crippen LogP contribution in [0.1, 0.15) is 40.7 Å². The molecule has 0 aliphatic heterocycles. The Morgan fingerprint density at radius 3 is 2.67 bits per heavy atom. The van der Waals surface area contributed by atoms with Gasteiger partial charge in [0.25, 0.3) is 0 Å². The Labute approximate surface area is 148 Å². The second kappa shape index (κ2) is 8.82. The van der Waals surface area contributed by atoms with Gasteiger partial charge in [-0.1, -0.05) is 13.8 Å².